The van der Waals surface area contributed by atoms with Gasteiger partial charge in [0.2, 0.25) is 5.95 Å². The Kier molecular flexibility index (Phi) is 3.43. The van der Waals surface area contributed by atoms with Crippen molar-refractivity contribution in [2.45, 2.75) is 20.4 Å². The van der Waals surface area contributed by atoms with Gasteiger partial charge in [-0.2, -0.15) is 9.97 Å². The van der Waals surface area contributed by atoms with Gasteiger partial charge in [-0.25, -0.2) is 4.98 Å². The second-order valence-electron chi connectivity index (χ2n) is 4.74. The molecule has 0 saturated heterocycles. The van der Waals surface area contributed by atoms with Gasteiger partial charge in [0.15, 0.2) is 10.8 Å². The Morgan fingerprint density at radius 3 is 2.71 bits per heavy atom. The first-order valence-corrected chi connectivity index (χ1v) is 6.97. The predicted octanol–water partition coefficient (Wildman–Crippen LogP) is 2.78. The summed E-state index contributed by atoms with van der Waals surface area (Å²) >= 11 is 12.3. The highest BCUT2D eigenvalue weighted by atomic mass is 35.5. The molecule has 21 heavy (non-hydrogen) atoms. The van der Waals surface area contributed by atoms with Crippen LogP contribution < -0.4 is 5.73 Å². The van der Waals surface area contributed by atoms with Crippen LogP contribution in [-0.2, 0) is 6.54 Å². The Labute approximate surface area is 131 Å². The summed E-state index contributed by atoms with van der Waals surface area (Å²) in [6.45, 7) is 4.34. The van der Waals surface area contributed by atoms with Crippen molar-refractivity contribution in [1.82, 2.24) is 24.5 Å². The van der Waals surface area contributed by atoms with Crippen LogP contribution in [0.15, 0.2) is 12.5 Å². The molecule has 0 aliphatic rings. The Balaban J connectivity index is 2.09. The number of nitrogen functional groups attached to an aromatic ring is 1. The van der Waals surface area contributed by atoms with Gasteiger partial charge < -0.3 is 10.3 Å². The summed E-state index contributed by atoms with van der Waals surface area (Å²) in [5.41, 5.74) is 9.45. The van der Waals surface area contributed by atoms with Crippen LogP contribution in [-0.4, -0.2) is 24.5 Å². The third-order valence-corrected chi connectivity index (χ3v) is 4.13. The molecule has 0 aromatic carbocycles. The molecule has 0 bridgehead atoms. The Morgan fingerprint density at radius 1 is 1.19 bits per heavy atom. The minimum absolute atomic E-state index is 0.112. The maximum absolute atomic E-state index is 6.26. The molecular weight excluding hydrogens is 311 g/mol. The summed E-state index contributed by atoms with van der Waals surface area (Å²) in [6, 6.07) is 0. The second-order valence-corrected chi connectivity index (χ2v) is 5.48. The van der Waals surface area contributed by atoms with Crippen LogP contribution in [0.25, 0.3) is 11.2 Å². The number of hydrogen-bond acceptors (Lipinski definition) is 5. The van der Waals surface area contributed by atoms with Crippen molar-refractivity contribution in [1.29, 1.82) is 0 Å². The van der Waals surface area contributed by atoms with Crippen molar-refractivity contribution in [2.24, 2.45) is 0 Å². The van der Waals surface area contributed by atoms with Gasteiger partial charge in [0, 0.05) is 11.2 Å². The molecule has 3 aromatic heterocycles. The van der Waals surface area contributed by atoms with Crippen molar-refractivity contribution in [3.8, 4) is 0 Å². The highest BCUT2D eigenvalue weighted by Crippen LogP contribution is 2.24. The number of fused-ring (bicyclic) bond motifs is 1. The van der Waals surface area contributed by atoms with Gasteiger partial charge in [-0.1, -0.05) is 23.2 Å². The Hall–Kier alpha value is -1.92. The van der Waals surface area contributed by atoms with Gasteiger partial charge in [0.1, 0.15) is 5.52 Å². The number of nitrogens with zero attached hydrogens (tertiary/aromatic N) is 5. The summed E-state index contributed by atoms with van der Waals surface area (Å²) in [4.78, 5) is 16.7. The number of aryl methyl sites for hydroxylation is 1. The van der Waals surface area contributed by atoms with E-state index in [0.29, 0.717) is 17.7 Å². The van der Waals surface area contributed by atoms with E-state index < -0.39 is 0 Å². The van der Waals surface area contributed by atoms with Crippen LogP contribution in [0.3, 0.4) is 0 Å². The van der Waals surface area contributed by atoms with Gasteiger partial charge in [-0.15, -0.1) is 0 Å². The molecule has 0 atom stereocenters. The molecule has 108 valence electrons. The normalized spacial score (nSPS) is 11.2. The van der Waals surface area contributed by atoms with E-state index in [2.05, 4.69) is 19.9 Å². The van der Waals surface area contributed by atoms with E-state index in [1.54, 1.807) is 12.5 Å². The Morgan fingerprint density at radius 2 is 1.95 bits per heavy atom. The van der Waals surface area contributed by atoms with Crippen molar-refractivity contribution in [3.05, 3.63) is 39.5 Å². The van der Waals surface area contributed by atoms with Crippen LogP contribution in [0, 0.1) is 13.8 Å². The zero-order chi connectivity index (χ0) is 15.1. The fourth-order valence-electron chi connectivity index (χ4n) is 2.11. The molecule has 0 aliphatic carbocycles. The lowest BCUT2D eigenvalue weighted by molar-refractivity contribution is 0.780. The van der Waals surface area contributed by atoms with E-state index in [1.165, 1.54) is 0 Å². The average molecular weight is 323 g/mol. The number of rotatable bonds is 2. The molecule has 0 amide bonds. The van der Waals surface area contributed by atoms with Gasteiger partial charge in [-0.3, -0.25) is 4.98 Å². The van der Waals surface area contributed by atoms with E-state index in [0.717, 1.165) is 21.8 Å². The summed E-state index contributed by atoms with van der Waals surface area (Å²) in [6.07, 6.45) is 3.39. The number of aromatic nitrogens is 5. The molecule has 6 nitrogen and oxygen atoms in total. The van der Waals surface area contributed by atoms with E-state index in [1.807, 2.05) is 18.4 Å². The SMILES string of the molecule is Cc1cnc(Cn2cnc3c(Cl)nc(N)nc32)c(C)c1Cl. The van der Waals surface area contributed by atoms with Crippen LogP contribution in [0.2, 0.25) is 10.2 Å². The van der Waals surface area contributed by atoms with Crippen molar-refractivity contribution in [3.63, 3.8) is 0 Å². The van der Waals surface area contributed by atoms with Crippen LogP contribution in [0.5, 0.6) is 0 Å². The lowest BCUT2D eigenvalue weighted by Gasteiger charge is -2.09. The molecule has 0 radical (unpaired) electrons. The topological polar surface area (TPSA) is 82.5 Å². The standard InChI is InChI=1S/C13H12Cl2N6/c1-6-3-17-8(7(2)9(6)14)4-21-5-18-10-11(15)19-13(16)20-12(10)21/h3,5H,4H2,1-2H3,(H2,16,19,20). The molecule has 0 spiro atoms. The first-order chi connectivity index (χ1) is 9.97. The number of hydrogen-bond donors (Lipinski definition) is 1. The van der Waals surface area contributed by atoms with E-state index in [4.69, 9.17) is 28.9 Å². The van der Waals surface area contributed by atoms with Gasteiger partial charge in [0.25, 0.3) is 0 Å². The number of imidazole rings is 1. The maximum Gasteiger partial charge on any atom is 0.223 e. The molecular formula is C13H12Cl2N6. The highest BCUT2D eigenvalue weighted by molar-refractivity contribution is 6.33. The van der Waals surface area contributed by atoms with E-state index in [9.17, 15) is 0 Å². The number of halogens is 2. The lowest BCUT2D eigenvalue weighted by Crippen LogP contribution is -2.06. The molecule has 8 heteroatoms. The molecule has 0 aliphatic heterocycles. The smallest absolute Gasteiger partial charge is 0.223 e. The van der Waals surface area contributed by atoms with Crippen molar-refractivity contribution >= 4 is 40.3 Å². The average Bonchev–Trinajstić information content (AvgIpc) is 2.83. The summed E-state index contributed by atoms with van der Waals surface area (Å²) < 4.78 is 1.82. The molecule has 0 unspecified atom stereocenters. The van der Waals surface area contributed by atoms with Gasteiger partial charge in [0.05, 0.1) is 18.6 Å². The summed E-state index contributed by atoms with van der Waals surface area (Å²) in [7, 11) is 0. The molecule has 3 aromatic rings. The van der Waals surface area contributed by atoms with Crippen LogP contribution in [0.4, 0.5) is 5.95 Å². The van der Waals surface area contributed by atoms with Crippen molar-refractivity contribution in [2.75, 3.05) is 5.73 Å². The minimum atomic E-state index is 0.112. The summed E-state index contributed by atoms with van der Waals surface area (Å²) in [5, 5.41) is 0.958. The van der Waals surface area contributed by atoms with Gasteiger partial charge in [-0.05, 0) is 25.0 Å². The predicted molar refractivity (Wildman–Crippen MR) is 82.6 cm³/mol. The third-order valence-electron chi connectivity index (χ3n) is 3.28. The second kappa shape index (κ2) is 5.13. The zero-order valence-corrected chi connectivity index (χ0v) is 12.9. The van der Waals surface area contributed by atoms with E-state index >= 15 is 0 Å². The molecule has 0 fully saturated rings. The fraction of sp³-hybridized carbons (Fsp3) is 0.231. The molecule has 2 N–H and O–H groups in total. The maximum atomic E-state index is 6.26. The lowest BCUT2D eigenvalue weighted by atomic mass is 10.1. The fourth-order valence-corrected chi connectivity index (χ4v) is 2.49. The van der Waals surface area contributed by atoms with Crippen LogP contribution in [0.1, 0.15) is 16.8 Å². The van der Waals surface area contributed by atoms with E-state index in [-0.39, 0.29) is 11.1 Å². The zero-order valence-electron chi connectivity index (χ0n) is 11.4. The quantitative estimate of drug-likeness (QED) is 0.733. The largest absolute Gasteiger partial charge is 0.368 e. The summed E-state index contributed by atoms with van der Waals surface area (Å²) in [5.74, 6) is 0.112. The monoisotopic (exact) mass is 322 g/mol. The van der Waals surface area contributed by atoms with Crippen molar-refractivity contribution < 1.29 is 0 Å². The first-order valence-electron chi connectivity index (χ1n) is 6.21. The highest BCUT2D eigenvalue weighted by Gasteiger charge is 2.13. The molecule has 3 rings (SSSR count). The minimum Gasteiger partial charge on any atom is -0.368 e. The third kappa shape index (κ3) is 2.41. The molecule has 0 saturated carbocycles. The molecule has 3 heterocycles. The van der Waals surface area contributed by atoms with Gasteiger partial charge >= 0.3 is 0 Å². The Bertz CT molecular complexity index is 842. The number of pyridine rings is 1. The number of nitrogens with two attached hydrogens (primary N) is 1. The van der Waals surface area contributed by atoms with Crippen LogP contribution >= 0.6 is 23.2 Å². The number of anilines is 1. The first kappa shape index (κ1) is 14.0.